The highest BCUT2D eigenvalue weighted by molar-refractivity contribution is 7.98. The molecule has 1 heterocycles. The van der Waals surface area contributed by atoms with E-state index in [2.05, 4.69) is 24.0 Å². The number of thioether (sulfide) groups is 1. The number of nitrogens with one attached hydrogen (secondary N) is 1. The van der Waals surface area contributed by atoms with E-state index in [1.807, 2.05) is 30.3 Å². The first kappa shape index (κ1) is 17.1. The molecule has 0 aliphatic carbocycles. The third-order valence-corrected chi connectivity index (χ3v) is 4.81. The standard InChI is InChI=1S/C16H22N2O2S2/c1-3-12(10-22-11-15-17-18-16(21)20-15)14(4-2)19-13-8-6-5-7-9-13/h5-9,12,14H,3-4,10-11H2,1-2H3,(H,18,21). The van der Waals surface area contributed by atoms with Gasteiger partial charge in [0.2, 0.25) is 5.89 Å². The largest absolute Gasteiger partial charge is 0.490 e. The Morgan fingerprint density at radius 1 is 1.27 bits per heavy atom. The molecule has 4 nitrogen and oxygen atoms in total. The van der Waals surface area contributed by atoms with Gasteiger partial charge in [-0.1, -0.05) is 32.0 Å². The van der Waals surface area contributed by atoms with Crippen molar-refractivity contribution in [2.75, 3.05) is 5.75 Å². The maximum absolute atomic E-state index is 6.15. The van der Waals surface area contributed by atoms with E-state index in [1.165, 1.54) is 0 Å². The normalized spacial score (nSPS) is 13.7. The van der Waals surface area contributed by atoms with Crippen LogP contribution in [0.1, 0.15) is 32.6 Å². The van der Waals surface area contributed by atoms with E-state index in [4.69, 9.17) is 21.4 Å². The molecule has 22 heavy (non-hydrogen) atoms. The Bertz CT molecular complexity index is 597. The molecule has 0 spiro atoms. The summed E-state index contributed by atoms with van der Waals surface area (Å²) in [6, 6.07) is 10.0. The van der Waals surface area contributed by atoms with Gasteiger partial charge in [0.15, 0.2) is 0 Å². The summed E-state index contributed by atoms with van der Waals surface area (Å²) < 4.78 is 11.4. The first-order valence-electron chi connectivity index (χ1n) is 7.56. The van der Waals surface area contributed by atoms with Crippen molar-refractivity contribution < 1.29 is 9.15 Å². The quantitative estimate of drug-likeness (QED) is 0.662. The van der Waals surface area contributed by atoms with Gasteiger partial charge in [0.25, 0.3) is 4.84 Å². The summed E-state index contributed by atoms with van der Waals surface area (Å²) in [6.07, 6.45) is 2.31. The van der Waals surface area contributed by atoms with Gasteiger partial charge in [-0.15, -0.1) is 5.10 Å². The molecule has 0 bridgehead atoms. The number of H-pyrrole nitrogens is 1. The van der Waals surface area contributed by atoms with Gasteiger partial charge in [-0.2, -0.15) is 11.8 Å². The molecule has 0 aliphatic rings. The summed E-state index contributed by atoms with van der Waals surface area (Å²) in [4.78, 5) is 0.335. The van der Waals surface area contributed by atoms with Gasteiger partial charge in [-0.05, 0) is 37.2 Å². The number of hydrogen-bond donors (Lipinski definition) is 1. The van der Waals surface area contributed by atoms with Crippen LogP contribution in [0.15, 0.2) is 34.7 Å². The van der Waals surface area contributed by atoms with E-state index < -0.39 is 0 Å². The van der Waals surface area contributed by atoms with E-state index in [1.54, 1.807) is 11.8 Å². The van der Waals surface area contributed by atoms with E-state index in [-0.39, 0.29) is 6.10 Å². The Labute approximate surface area is 140 Å². The van der Waals surface area contributed by atoms with Gasteiger partial charge in [-0.3, -0.25) is 0 Å². The number of benzene rings is 1. The van der Waals surface area contributed by atoms with Crippen LogP contribution in [0.2, 0.25) is 0 Å². The molecule has 0 fully saturated rings. The molecule has 120 valence electrons. The Morgan fingerprint density at radius 2 is 2.05 bits per heavy atom. The number of aromatic nitrogens is 2. The number of aromatic amines is 1. The third kappa shape index (κ3) is 5.18. The SMILES string of the molecule is CCC(CSCc1n[nH]c(=S)o1)C(CC)Oc1ccccc1. The lowest BCUT2D eigenvalue weighted by atomic mass is 9.99. The van der Waals surface area contributed by atoms with Crippen molar-refractivity contribution in [3.05, 3.63) is 41.1 Å². The predicted molar refractivity (Wildman–Crippen MR) is 92.8 cm³/mol. The second-order valence-electron chi connectivity index (χ2n) is 5.07. The molecule has 0 amide bonds. The zero-order chi connectivity index (χ0) is 15.8. The van der Waals surface area contributed by atoms with Crippen molar-refractivity contribution in [3.8, 4) is 5.75 Å². The van der Waals surface area contributed by atoms with Crippen molar-refractivity contribution in [3.63, 3.8) is 0 Å². The fraction of sp³-hybridized carbons (Fsp3) is 0.500. The Balaban J connectivity index is 1.86. The van der Waals surface area contributed by atoms with Crippen LogP contribution >= 0.6 is 24.0 Å². The molecule has 2 aromatic rings. The van der Waals surface area contributed by atoms with Gasteiger partial charge in [-0.25, -0.2) is 5.10 Å². The van der Waals surface area contributed by atoms with Gasteiger partial charge >= 0.3 is 0 Å². The molecule has 1 aromatic heterocycles. The van der Waals surface area contributed by atoms with E-state index in [0.717, 1.165) is 30.1 Å². The number of para-hydroxylation sites is 1. The fourth-order valence-electron chi connectivity index (χ4n) is 2.29. The average Bonchev–Trinajstić information content (AvgIpc) is 2.96. The number of ether oxygens (including phenoxy) is 1. The number of nitrogens with zero attached hydrogens (tertiary/aromatic N) is 1. The van der Waals surface area contributed by atoms with Crippen molar-refractivity contribution >= 4 is 24.0 Å². The smallest absolute Gasteiger partial charge is 0.284 e. The fourth-order valence-corrected chi connectivity index (χ4v) is 3.61. The zero-order valence-electron chi connectivity index (χ0n) is 13.0. The van der Waals surface area contributed by atoms with Crippen LogP contribution in [-0.2, 0) is 5.75 Å². The maximum Gasteiger partial charge on any atom is 0.284 e. The molecule has 1 N–H and O–H groups in total. The summed E-state index contributed by atoms with van der Waals surface area (Å²) in [6.45, 7) is 4.38. The lowest BCUT2D eigenvalue weighted by molar-refractivity contribution is 0.138. The first-order valence-corrected chi connectivity index (χ1v) is 9.13. The molecule has 2 atom stereocenters. The van der Waals surface area contributed by atoms with Crippen LogP contribution in [0.5, 0.6) is 5.75 Å². The summed E-state index contributed by atoms with van der Waals surface area (Å²) in [7, 11) is 0. The summed E-state index contributed by atoms with van der Waals surface area (Å²) in [5, 5.41) is 6.67. The molecule has 0 radical (unpaired) electrons. The molecule has 2 unspecified atom stereocenters. The minimum atomic E-state index is 0.227. The van der Waals surface area contributed by atoms with Crippen LogP contribution in [0.3, 0.4) is 0 Å². The lowest BCUT2D eigenvalue weighted by Gasteiger charge is -2.26. The second-order valence-corrected chi connectivity index (χ2v) is 6.47. The Morgan fingerprint density at radius 3 is 2.64 bits per heavy atom. The molecular weight excluding hydrogens is 316 g/mol. The van der Waals surface area contributed by atoms with Crippen LogP contribution in [-0.4, -0.2) is 22.1 Å². The predicted octanol–water partition coefficient (Wildman–Crippen LogP) is 4.85. The molecule has 0 aliphatic heterocycles. The lowest BCUT2D eigenvalue weighted by Crippen LogP contribution is -2.27. The van der Waals surface area contributed by atoms with Gasteiger partial charge in [0.05, 0.1) is 5.75 Å². The molecule has 1 aromatic carbocycles. The molecule has 6 heteroatoms. The topological polar surface area (TPSA) is 51.0 Å². The summed E-state index contributed by atoms with van der Waals surface area (Å²) in [5.74, 6) is 3.83. The highest BCUT2D eigenvalue weighted by Crippen LogP contribution is 2.24. The van der Waals surface area contributed by atoms with E-state index in [9.17, 15) is 0 Å². The van der Waals surface area contributed by atoms with Crippen LogP contribution in [0.25, 0.3) is 0 Å². The van der Waals surface area contributed by atoms with Crippen LogP contribution in [0, 0.1) is 10.8 Å². The minimum absolute atomic E-state index is 0.227. The van der Waals surface area contributed by atoms with Gasteiger partial charge < -0.3 is 9.15 Å². The molecule has 0 saturated carbocycles. The molecular formula is C16H22N2O2S2. The van der Waals surface area contributed by atoms with Crippen molar-refractivity contribution in [1.29, 1.82) is 0 Å². The highest BCUT2D eigenvalue weighted by atomic mass is 32.2. The molecule has 2 rings (SSSR count). The number of hydrogen-bond acceptors (Lipinski definition) is 5. The van der Waals surface area contributed by atoms with Gasteiger partial charge in [0, 0.05) is 11.7 Å². The Kier molecular flexibility index (Phi) is 6.99. The summed E-state index contributed by atoms with van der Waals surface area (Å²) >= 11 is 6.68. The number of rotatable bonds is 9. The van der Waals surface area contributed by atoms with E-state index in [0.29, 0.717) is 16.6 Å². The van der Waals surface area contributed by atoms with Crippen molar-refractivity contribution in [1.82, 2.24) is 10.2 Å². The van der Waals surface area contributed by atoms with E-state index >= 15 is 0 Å². The van der Waals surface area contributed by atoms with Crippen molar-refractivity contribution in [2.24, 2.45) is 5.92 Å². The Hall–Kier alpha value is -1.27. The monoisotopic (exact) mass is 338 g/mol. The van der Waals surface area contributed by atoms with Gasteiger partial charge in [0.1, 0.15) is 11.9 Å². The zero-order valence-corrected chi connectivity index (χ0v) is 14.6. The average molecular weight is 338 g/mol. The highest BCUT2D eigenvalue weighted by Gasteiger charge is 2.20. The summed E-state index contributed by atoms with van der Waals surface area (Å²) in [5.41, 5.74) is 0. The van der Waals surface area contributed by atoms with Crippen LogP contribution < -0.4 is 4.74 Å². The third-order valence-electron chi connectivity index (χ3n) is 3.52. The van der Waals surface area contributed by atoms with Crippen LogP contribution in [0.4, 0.5) is 0 Å². The maximum atomic E-state index is 6.15. The van der Waals surface area contributed by atoms with Crippen molar-refractivity contribution in [2.45, 2.75) is 38.5 Å². The minimum Gasteiger partial charge on any atom is -0.490 e. The molecule has 0 saturated heterocycles. The second kappa shape index (κ2) is 9.00. The first-order chi connectivity index (χ1) is 10.7.